The maximum absolute atomic E-state index is 12.5. The molecule has 0 saturated carbocycles. The Kier molecular flexibility index (Phi) is 5.62. The molecule has 7 nitrogen and oxygen atoms in total. The lowest BCUT2D eigenvalue weighted by atomic mass is 10.1. The van der Waals surface area contributed by atoms with Crippen molar-refractivity contribution in [2.45, 2.75) is 19.5 Å². The Morgan fingerprint density at radius 2 is 1.55 bits per heavy atom. The van der Waals surface area contributed by atoms with Gasteiger partial charge in [-0.2, -0.15) is 18.2 Å². The van der Waals surface area contributed by atoms with Crippen molar-refractivity contribution in [3.05, 3.63) is 60.0 Å². The largest absolute Gasteiger partial charge is 0.471 e. The van der Waals surface area contributed by atoms with Crippen LogP contribution in [0.3, 0.4) is 0 Å². The average molecular weight is 404 g/mol. The molecule has 0 aliphatic heterocycles. The summed E-state index contributed by atoms with van der Waals surface area (Å²) in [5, 5.41) is 8.63. The molecule has 3 aromatic rings. The maximum Gasteiger partial charge on any atom is 0.471 e. The van der Waals surface area contributed by atoms with Crippen LogP contribution in [0.5, 0.6) is 0 Å². The summed E-state index contributed by atoms with van der Waals surface area (Å²) in [6.45, 7) is 1.40. The smallest absolute Gasteiger partial charge is 0.329 e. The summed E-state index contributed by atoms with van der Waals surface area (Å²) >= 11 is 0. The van der Waals surface area contributed by atoms with E-state index in [9.17, 15) is 22.8 Å². The van der Waals surface area contributed by atoms with E-state index in [-0.39, 0.29) is 24.1 Å². The first-order chi connectivity index (χ1) is 13.7. The molecule has 2 N–H and O–H groups in total. The number of carbonyl (C=O) groups is 2. The molecular formula is C19H15F3N4O3. The van der Waals surface area contributed by atoms with E-state index in [1.807, 2.05) is 0 Å². The van der Waals surface area contributed by atoms with Crippen molar-refractivity contribution < 1.29 is 27.3 Å². The molecule has 3 rings (SSSR count). The summed E-state index contributed by atoms with van der Waals surface area (Å²) in [7, 11) is 0. The second kappa shape index (κ2) is 8.13. The Bertz CT molecular complexity index is 1010. The fraction of sp³-hybridized carbons (Fsp3) is 0.158. The number of rotatable bonds is 5. The molecule has 1 heterocycles. The van der Waals surface area contributed by atoms with E-state index in [2.05, 4.69) is 25.3 Å². The number of hydrogen-bond donors (Lipinski definition) is 2. The van der Waals surface area contributed by atoms with Gasteiger partial charge in [0.2, 0.25) is 17.6 Å². The van der Waals surface area contributed by atoms with Gasteiger partial charge in [-0.1, -0.05) is 17.3 Å². The number of amides is 2. The second-order valence-electron chi connectivity index (χ2n) is 6.10. The van der Waals surface area contributed by atoms with Crippen LogP contribution in [0.2, 0.25) is 0 Å². The van der Waals surface area contributed by atoms with E-state index < -0.39 is 12.1 Å². The van der Waals surface area contributed by atoms with E-state index in [4.69, 9.17) is 0 Å². The third-order valence-corrected chi connectivity index (χ3v) is 3.73. The van der Waals surface area contributed by atoms with Gasteiger partial charge in [0.1, 0.15) is 0 Å². The van der Waals surface area contributed by atoms with Gasteiger partial charge in [-0.15, -0.1) is 0 Å². The number of benzene rings is 2. The number of nitrogens with zero attached hydrogens (tertiary/aromatic N) is 2. The van der Waals surface area contributed by atoms with Gasteiger partial charge < -0.3 is 15.2 Å². The SMILES string of the molecule is CC(=O)Nc1ccc(CC(=O)Nc2ccc(-c3noc(C(F)(F)F)n3)cc2)cc1. The summed E-state index contributed by atoms with van der Waals surface area (Å²) < 4.78 is 41.8. The summed E-state index contributed by atoms with van der Waals surface area (Å²) in [6, 6.07) is 12.8. The molecule has 0 aliphatic rings. The van der Waals surface area contributed by atoms with E-state index in [0.717, 1.165) is 5.56 Å². The molecule has 0 saturated heterocycles. The van der Waals surface area contributed by atoms with Crippen molar-refractivity contribution >= 4 is 23.2 Å². The van der Waals surface area contributed by atoms with E-state index in [1.54, 1.807) is 24.3 Å². The lowest BCUT2D eigenvalue weighted by molar-refractivity contribution is -0.159. The van der Waals surface area contributed by atoms with Gasteiger partial charge in [-0.25, -0.2) is 0 Å². The van der Waals surface area contributed by atoms with Crippen LogP contribution >= 0.6 is 0 Å². The Morgan fingerprint density at radius 1 is 0.966 bits per heavy atom. The van der Waals surface area contributed by atoms with Crippen LogP contribution < -0.4 is 10.6 Å². The predicted octanol–water partition coefficient (Wildman–Crippen LogP) is 3.90. The minimum Gasteiger partial charge on any atom is -0.329 e. The molecule has 0 bridgehead atoms. The summed E-state index contributed by atoms with van der Waals surface area (Å²) in [6.07, 6.45) is -4.60. The quantitative estimate of drug-likeness (QED) is 0.672. The molecule has 2 amide bonds. The highest BCUT2D eigenvalue weighted by molar-refractivity contribution is 5.92. The first kappa shape index (κ1) is 20.1. The summed E-state index contributed by atoms with van der Waals surface area (Å²) in [4.78, 5) is 26.5. The molecule has 0 atom stereocenters. The highest BCUT2D eigenvalue weighted by Gasteiger charge is 2.38. The lowest BCUT2D eigenvalue weighted by Gasteiger charge is -2.07. The normalized spacial score (nSPS) is 11.2. The minimum atomic E-state index is -4.71. The van der Waals surface area contributed by atoms with Gasteiger partial charge in [0, 0.05) is 23.9 Å². The van der Waals surface area contributed by atoms with Gasteiger partial charge in [-0.3, -0.25) is 9.59 Å². The zero-order chi connectivity index (χ0) is 21.0. The van der Waals surface area contributed by atoms with Crippen LogP contribution in [0.1, 0.15) is 18.4 Å². The van der Waals surface area contributed by atoms with Crippen LogP contribution in [0, 0.1) is 0 Å². The zero-order valence-corrected chi connectivity index (χ0v) is 15.1. The fourth-order valence-electron chi connectivity index (χ4n) is 2.46. The van der Waals surface area contributed by atoms with Gasteiger partial charge in [0.15, 0.2) is 0 Å². The molecular weight excluding hydrogens is 389 g/mol. The van der Waals surface area contributed by atoms with Gasteiger partial charge >= 0.3 is 12.1 Å². The lowest BCUT2D eigenvalue weighted by Crippen LogP contribution is -2.14. The van der Waals surface area contributed by atoms with Crippen LogP contribution in [0.15, 0.2) is 53.1 Å². The summed E-state index contributed by atoms with van der Waals surface area (Å²) in [5.74, 6) is -2.08. The highest BCUT2D eigenvalue weighted by atomic mass is 19.4. The van der Waals surface area contributed by atoms with Crippen molar-refractivity contribution in [3.63, 3.8) is 0 Å². The van der Waals surface area contributed by atoms with E-state index >= 15 is 0 Å². The number of carbonyl (C=O) groups excluding carboxylic acids is 2. The number of hydrogen-bond acceptors (Lipinski definition) is 5. The fourth-order valence-corrected chi connectivity index (χ4v) is 2.46. The minimum absolute atomic E-state index is 0.113. The number of halogens is 3. The molecule has 0 aliphatic carbocycles. The standard InChI is InChI=1S/C19H15F3N4O3/c1-11(27)23-14-6-2-12(3-7-14)10-16(28)24-15-8-4-13(5-9-15)17-25-18(29-26-17)19(20,21)22/h2-9H,10H2,1H3,(H,23,27)(H,24,28). The molecule has 0 unspecified atom stereocenters. The molecule has 10 heteroatoms. The number of aromatic nitrogens is 2. The van der Waals surface area contributed by atoms with E-state index in [1.165, 1.54) is 31.2 Å². The van der Waals surface area contributed by atoms with E-state index in [0.29, 0.717) is 16.9 Å². The molecule has 0 fully saturated rings. The van der Waals surface area contributed by atoms with Crippen molar-refractivity contribution in [2.75, 3.05) is 10.6 Å². The Hall–Kier alpha value is -3.69. The zero-order valence-electron chi connectivity index (χ0n) is 15.1. The predicted molar refractivity (Wildman–Crippen MR) is 97.8 cm³/mol. The molecule has 0 radical (unpaired) electrons. The first-order valence-corrected chi connectivity index (χ1v) is 8.38. The van der Waals surface area contributed by atoms with Gasteiger partial charge in [0.05, 0.1) is 6.42 Å². The molecule has 0 spiro atoms. The van der Waals surface area contributed by atoms with Crippen LogP contribution in [-0.2, 0) is 22.2 Å². The first-order valence-electron chi connectivity index (χ1n) is 8.38. The summed E-state index contributed by atoms with van der Waals surface area (Å²) in [5.41, 5.74) is 2.16. The van der Waals surface area contributed by atoms with Crippen LogP contribution in [0.25, 0.3) is 11.4 Å². The number of alkyl halides is 3. The second-order valence-corrected chi connectivity index (χ2v) is 6.10. The van der Waals surface area contributed by atoms with Crippen LogP contribution in [0.4, 0.5) is 24.5 Å². The highest BCUT2D eigenvalue weighted by Crippen LogP contribution is 2.29. The maximum atomic E-state index is 12.5. The Morgan fingerprint density at radius 3 is 2.10 bits per heavy atom. The van der Waals surface area contributed by atoms with Gasteiger partial charge in [-0.05, 0) is 42.0 Å². The third-order valence-electron chi connectivity index (χ3n) is 3.73. The third kappa shape index (κ3) is 5.41. The van der Waals surface area contributed by atoms with Crippen LogP contribution in [-0.4, -0.2) is 22.0 Å². The van der Waals surface area contributed by atoms with Crippen molar-refractivity contribution in [2.24, 2.45) is 0 Å². The molecule has 2 aromatic carbocycles. The van der Waals surface area contributed by atoms with Crippen molar-refractivity contribution in [3.8, 4) is 11.4 Å². The average Bonchev–Trinajstić information content (AvgIpc) is 3.14. The Labute approximate surface area is 162 Å². The Balaban J connectivity index is 1.60. The topological polar surface area (TPSA) is 97.1 Å². The van der Waals surface area contributed by atoms with Gasteiger partial charge in [0.25, 0.3) is 0 Å². The molecule has 150 valence electrons. The monoisotopic (exact) mass is 404 g/mol. The number of nitrogens with one attached hydrogen (secondary N) is 2. The number of anilines is 2. The van der Waals surface area contributed by atoms with Crippen molar-refractivity contribution in [1.82, 2.24) is 10.1 Å². The molecule has 1 aromatic heterocycles. The molecule has 29 heavy (non-hydrogen) atoms. The van der Waals surface area contributed by atoms with Crippen molar-refractivity contribution in [1.29, 1.82) is 0 Å².